The van der Waals surface area contributed by atoms with Crippen LogP contribution in [0.4, 0.5) is 0 Å². The molecule has 0 amide bonds. The number of hydrogen-bond acceptors (Lipinski definition) is 3. The summed E-state index contributed by atoms with van der Waals surface area (Å²) >= 11 is 6.11. The van der Waals surface area contributed by atoms with Gasteiger partial charge < -0.3 is 9.84 Å². The minimum absolute atomic E-state index is 0.109. The molecule has 0 aromatic heterocycles. The van der Waals surface area contributed by atoms with E-state index in [1.54, 1.807) is 6.07 Å². The number of aliphatic hydroxyl groups excluding tert-OH is 1. The maximum Gasteiger partial charge on any atom is 0.166 e. The molecule has 1 aromatic rings. The molecule has 1 aromatic carbocycles. The number of aliphatic hydroxyl groups is 1. The van der Waals surface area contributed by atoms with Gasteiger partial charge in [0, 0.05) is 23.4 Å². The van der Waals surface area contributed by atoms with E-state index in [1.807, 2.05) is 6.07 Å². The van der Waals surface area contributed by atoms with Crippen LogP contribution in [0.5, 0.6) is 5.75 Å². The van der Waals surface area contributed by atoms with Crippen molar-refractivity contribution >= 4 is 17.4 Å². The summed E-state index contributed by atoms with van der Waals surface area (Å²) in [5.41, 5.74) is 1.88. The first-order valence-electron chi connectivity index (χ1n) is 7.80. The molecule has 4 heteroatoms. The molecule has 21 heavy (non-hydrogen) atoms. The third-order valence-electron chi connectivity index (χ3n) is 4.62. The predicted molar refractivity (Wildman–Crippen MR) is 81.9 cm³/mol. The Morgan fingerprint density at radius 3 is 2.86 bits per heavy atom. The number of carbonyl (C=O) groups is 1. The number of benzene rings is 1. The normalized spacial score (nSPS) is 19.9. The van der Waals surface area contributed by atoms with Crippen molar-refractivity contribution in [3.63, 3.8) is 0 Å². The average molecular weight is 309 g/mol. The van der Waals surface area contributed by atoms with Crippen molar-refractivity contribution in [1.29, 1.82) is 0 Å². The molecule has 0 radical (unpaired) electrons. The van der Waals surface area contributed by atoms with Crippen molar-refractivity contribution in [3.05, 3.63) is 28.3 Å². The SMILES string of the molecule is O=C(Cc1cc(Cl)cc2c1OCC2)C(O)C1CCCCC1. The lowest BCUT2D eigenvalue weighted by Gasteiger charge is -2.25. The van der Waals surface area contributed by atoms with E-state index in [4.69, 9.17) is 16.3 Å². The maximum absolute atomic E-state index is 12.4. The molecule has 1 N–H and O–H groups in total. The monoisotopic (exact) mass is 308 g/mol. The second-order valence-corrected chi connectivity index (χ2v) is 6.57. The summed E-state index contributed by atoms with van der Waals surface area (Å²) in [6.45, 7) is 0.641. The van der Waals surface area contributed by atoms with Crippen molar-refractivity contribution in [2.75, 3.05) is 6.61 Å². The molecule has 3 nitrogen and oxygen atoms in total. The summed E-state index contributed by atoms with van der Waals surface area (Å²) in [6, 6.07) is 3.69. The molecule has 0 saturated heterocycles. The Balaban J connectivity index is 1.72. The highest BCUT2D eigenvalue weighted by Gasteiger charge is 2.29. The van der Waals surface area contributed by atoms with E-state index in [-0.39, 0.29) is 18.1 Å². The molecule has 1 atom stereocenters. The van der Waals surface area contributed by atoms with Gasteiger partial charge in [0.05, 0.1) is 6.61 Å². The predicted octanol–water partition coefficient (Wildman–Crippen LogP) is 3.33. The Morgan fingerprint density at radius 1 is 1.33 bits per heavy atom. The van der Waals surface area contributed by atoms with Crippen molar-refractivity contribution in [2.45, 2.75) is 51.0 Å². The molecule has 1 aliphatic carbocycles. The third kappa shape index (κ3) is 3.24. The highest BCUT2D eigenvalue weighted by molar-refractivity contribution is 6.30. The fraction of sp³-hybridized carbons (Fsp3) is 0.588. The average Bonchev–Trinajstić information content (AvgIpc) is 2.95. The van der Waals surface area contributed by atoms with Crippen molar-refractivity contribution in [1.82, 2.24) is 0 Å². The topological polar surface area (TPSA) is 46.5 Å². The molecule has 114 valence electrons. The zero-order valence-corrected chi connectivity index (χ0v) is 12.9. The lowest BCUT2D eigenvalue weighted by atomic mass is 9.83. The van der Waals surface area contributed by atoms with Crippen LogP contribution in [0.25, 0.3) is 0 Å². The van der Waals surface area contributed by atoms with Crippen LogP contribution in [-0.4, -0.2) is 23.6 Å². The fourth-order valence-corrected chi connectivity index (χ4v) is 3.75. The van der Waals surface area contributed by atoms with Crippen molar-refractivity contribution in [2.24, 2.45) is 5.92 Å². The van der Waals surface area contributed by atoms with Gasteiger partial charge in [-0.3, -0.25) is 4.79 Å². The van der Waals surface area contributed by atoms with Gasteiger partial charge in [-0.05, 0) is 36.5 Å². The Kier molecular flexibility index (Phi) is 4.51. The Morgan fingerprint density at radius 2 is 2.10 bits per heavy atom. The molecular weight excluding hydrogens is 288 g/mol. The van der Waals surface area contributed by atoms with E-state index in [1.165, 1.54) is 6.42 Å². The van der Waals surface area contributed by atoms with Gasteiger partial charge in [0.15, 0.2) is 5.78 Å². The second kappa shape index (κ2) is 6.37. The fourth-order valence-electron chi connectivity index (χ4n) is 3.48. The highest BCUT2D eigenvalue weighted by Crippen LogP contribution is 2.34. The van der Waals surface area contributed by atoms with Gasteiger partial charge >= 0.3 is 0 Å². The number of fused-ring (bicyclic) bond motifs is 1. The maximum atomic E-state index is 12.4. The van der Waals surface area contributed by atoms with Crippen LogP contribution >= 0.6 is 11.6 Å². The van der Waals surface area contributed by atoms with E-state index >= 15 is 0 Å². The molecule has 1 heterocycles. The number of Topliss-reactive ketones (excluding diaryl/α,β-unsaturated/α-hetero) is 1. The standard InChI is InChI=1S/C17H21ClO3/c18-14-8-12-6-7-21-17(12)13(9-14)10-15(19)16(20)11-4-2-1-3-5-11/h8-9,11,16,20H,1-7,10H2. The molecule has 2 aliphatic rings. The number of ether oxygens (including phenoxy) is 1. The highest BCUT2D eigenvalue weighted by atomic mass is 35.5. The Hall–Kier alpha value is -1.06. The Bertz CT molecular complexity index is 535. The van der Waals surface area contributed by atoms with Crippen LogP contribution in [0.3, 0.4) is 0 Å². The van der Waals surface area contributed by atoms with Gasteiger partial charge in [-0.1, -0.05) is 30.9 Å². The van der Waals surface area contributed by atoms with E-state index in [0.717, 1.165) is 49.0 Å². The lowest BCUT2D eigenvalue weighted by molar-refractivity contribution is -0.129. The molecule has 0 spiro atoms. The first kappa shape index (κ1) is 14.9. The summed E-state index contributed by atoms with van der Waals surface area (Å²) in [5.74, 6) is 0.810. The van der Waals surface area contributed by atoms with Crippen LogP contribution in [-0.2, 0) is 17.6 Å². The van der Waals surface area contributed by atoms with E-state index in [0.29, 0.717) is 11.6 Å². The number of hydrogen-bond donors (Lipinski definition) is 1. The molecule has 1 aliphatic heterocycles. The number of carbonyl (C=O) groups excluding carboxylic acids is 1. The van der Waals surface area contributed by atoms with Crippen LogP contribution in [0.2, 0.25) is 5.02 Å². The van der Waals surface area contributed by atoms with Gasteiger partial charge in [0.2, 0.25) is 0 Å². The van der Waals surface area contributed by atoms with E-state index in [9.17, 15) is 9.90 Å². The Labute approximate surface area is 130 Å². The molecule has 3 rings (SSSR count). The summed E-state index contributed by atoms with van der Waals surface area (Å²) in [6.07, 6.45) is 5.56. The number of rotatable bonds is 4. The zero-order chi connectivity index (χ0) is 14.8. The number of halogens is 1. The first-order chi connectivity index (χ1) is 10.1. The van der Waals surface area contributed by atoms with Gasteiger partial charge in [-0.25, -0.2) is 0 Å². The lowest BCUT2D eigenvalue weighted by Crippen LogP contribution is -2.32. The van der Waals surface area contributed by atoms with Gasteiger partial charge in [0.1, 0.15) is 11.9 Å². The van der Waals surface area contributed by atoms with Gasteiger partial charge in [-0.2, -0.15) is 0 Å². The van der Waals surface area contributed by atoms with Crippen LogP contribution in [0.1, 0.15) is 43.2 Å². The van der Waals surface area contributed by atoms with Crippen LogP contribution in [0.15, 0.2) is 12.1 Å². The van der Waals surface area contributed by atoms with Gasteiger partial charge in [-0.15, -0.1) is 0 Å². The summed E-state index contributed by atoms with van der Waals surface area (Å²) in [7, 11) is 0. The quantitative estimate of drug-likeness (QED) is 0.928. The smallest absolute Gasteiger partial charge is 0.166 e. The molecule has 0 bridgehead atoms. The molecule has 1 unspecified atom stereocenters. The minimum Gasteiger partial charge on any atom is -0.493 e. The summed E-state index contributed by atoms with van der Waals surface area (Å²) < 4.78 is 5.62. The molecule has 1 fully saturated rings. The zero-order valence-electron chi connectivity index (χ0n) is 12.1. The first-order valence-corrected chi connectivity index (χ1v) is 8.18. The molecular formula is C17H21ClO3. The molecule has 1 saturated carbocycles. The second-order valence-electron chi connectivity index (χ2n) is 6.14. The van der Waals surface area contributed by atoms with Gasteiger partial charge in [0.25, 0.3) is 0 Å². The minimum atomic E-state index is -0.846. The van der Waals surface area contributed by atoms with Crippen molar-refractivity contribution < 1.29 is 14.6 Å². The van der Waals surface area contributed by atoms with Crippen molar-refractivity contribution in [3.8, 4) is 5.75 Å². The van der Waals surface area contributed by atoms with Crippen LogP contribution < -0.4 is 4.74 Å². The largest absolute Gasteiger partial charge is 0.493 e. The summed E-state index contributed by atoms with van der Waals surface area (Å²) in [4.78, 5) is 12.4. The van der Waals surface area contributed by atoms with E-state index in [2.05, 4.69) is 0 Å². The summed E-state index contributed by atoms with van der Waals surface area (Å²) in [5, 5.41) is 10.9. The number of ketones is 1. The van der Waals surface area contributed by atoms with E-state index < -0.39 is 6.10 Å². The third-order valence-corrected chi connectivity index (χ3v) is 4.83. The van der Waals surface area contributed by atoms with Crippen LogP contribution in [0, 0.1) is 5.92 Å².